The molecule has 0 aliphatic carbocycles. The smallest absolute Gasteiger partial charge is 0.407 e. The van der Waals surface area contributed by atoms with Crippen molar-refractivity contribution in [2.75, 3.05) is 26.3 Å². The van der Waals surface area contributed by atoms with Gasteiger partial charge in [-0.15, -0.1) is 0 Å². The van der Waals surface area contributed by atoms with Gasteiger partial charge in [0.2, 0.25) is 0 Å². The lowest BCUT2D eigenvalue weighted by Crippen LogP contribution is -2.50. The third-order valence-corrected chi connectivity index (χ3v) is 6.41. The van der Waals surface area contributed by atoms with Crippen LogP contribution in [0.4, 0.5) is 4.79 Å². The van der Waals surface area contributed by atoms with Crippen LogP contribution in [-0.2, 0) is 20.6 Å². The Kier molecular flexibility index (Phi) is 9.51. The maximum atomic E-state index is 12.7. The number of nitrogens with one attached hydrogen (secondary N) is 2. The Morgan fingerprint density at radius 1 is 1.33 bits per heavy atom. The molecule has 0 radical (unpaired) electrons. The largest absolute Gasteiger partial charge is 0.443 e. The van der Waals surface area contributed by atoms with E-state index < -0.39 is 18.2 Å². The van der Waals surface area contributed by atoms with Crippen LogP contribution in [0.25, 0.3) is 0 Å². The lowest BCUT2D eigenvalue weighted by molar-refractivity contribution is -0.0907. The summed E-state index contributed by atoms with van der Waals surface area (Å²) in [6.45, 7) is 6.28. The van der Waals surface area contributed by atoms with Crippen LogP contribution in [0.2, 0.25) is 0 Å². The van der Waals surface area contributed by atoms with Gasteiger partial charge in [0.15, 0.2) is 6.29 Å². The first kappa shape index (κ1) is 25.4. The number of rotatable bonds is 12. The van der Waals surface area contributed by atoms with Crippen molar-refractivity contribution in [2.24, 2.45) is 11.3 Å². The van der Waals surface area contributed by atoms with Crippen LogP contribution in [0, 0.1) is 22.7 Å². The number of aliphatic hydroxyl groups excluding tert-OH is 1. The fourth-order valence-electron chi connectivity index (χ4n) is 4.46. The van der Waals surface area contributed by atoms with E-state index in [1.54, 1.807) is 0 Å². The van der Waals surface area contributed by atoms with Crippen molar-refractivity contribution in [2.45, 2.75) is 70.5 Å². The summed E-state index contributed by atoms with van der Waals surface area (Å²) in [7, 11) is 0. The normalized spacial score (nSPS) is 24.0. The molecule has 1 aromatic carbocycles. The number of alkyl carbamates (subject to hydrolysis) is 1. The molecule has 182 valence electrons. The lowest BCUT2D eigenvalue weighted by atomic mass is 9.87. The summed E-state index contributed by atoms with van der Waals surface area (Å²) in [5, 5.41) is 25.9. The van der Waals surface area contributed by atoms with Crippen LogP contribution < -0.4 is 10.6 Å². The molecular weight excluding hydrogens is 422 g/mol. The molecule has 0 bridgehead atoms. The van der Waals surface area contributed by atoms with Gasteiger partial charge in [-0.2, -0.15) is 5.26 Å². The molecule has 0 aromatic heterocycles. The van der Waals surface area contributed by atoms with Crippen molar-refractivity contribution in [3.63, 3.8) is 0 Å². The quantitative estimate of drug-likeness (QED) is 0.412. The summed E-state index contributed by atoms with van der Waals surface area (Å²) in [4.78, 5) is 12.7. The molecule has 33 heavy (non-hydrogen) atoms. The molecule has 5 atom stereocenters. The SMILES string of the molecule is CC(C)(CCCC#N)CNC[C@@H](O)[C@H](Cc1ccccc1)NC(=O)O[C@@H]1CO[C@@H]2OCC[C@@H]21. The van der Waals surface area contributed by atoms with E-state index in [4.69, 9.17) is 19.5 Å². The summed E-state index contributed by atoms with van der Waals surface area (Å²) < 4.78 is 16.7. The van der Waals surface area contributed by atoms with Crippen molar-refractivity contribution in [1.82, 2.24) is 10.6 Å². The second kappa shape index (κ2) is 12.3. The van der Waals surface area contributed by atoms with Gasteiger partial charge in [-0.25, -0.2) is 4.79 Å². The Morgan fingerprint density at radius 3 is 2.88 bits per heavy atom. The zero-order chi connectivity index (χ0) is 23.7. The van der Waals surface area contributed by atoms with E-state index in [1.807, 2.05) is 30.3 Å². The topological polar surface area (TPSA) is 113 Å². The summed E-state index contributed by atoms with van der Waals surface area (Å²) in [5.41, 5.74) is 1.03. The monoisotopic (exact) mass is 459 g/mol. The minimum atomic E-state index is -0.796. The second-order valence-corrected chi connectivity index (χ2v) is 9.78. The number of hydrogen-bond donors (Lipinski definition) is 3. The van der Waals surface area contributed by atoms with Gasteiger partial charge in [-0.05, 0) is 36.7 Å². The number of nitriles is 1. The van der Waals surface area contributed by atoms with Gasteiger partial charge >= 0.3 is 6.09 Å². The Labute approximate surface area is 196 Å². The number of ether oxygens (including phenoxy) is 3. The molecular formula is C25H37N3O5. The second-order valence-electron chi connectivity index (χ2n) is 9.78. The van der Waals surface area contributed by atoms with Gasteiger partial charge in [-0.1, -0.05) is 44.2 Å². The molecule has 0 spiro atoms. The molecule has 0 saturated carbocycles. The number of amides is 1. The van der Waals surface area contributed by atoms with Gasteiger partial charge < -0.3 is 30.0 Å². The number of carbonyl (C=O) groups is 1. The van der Waals surface area contributed by atoms with E-state index >= 15 is 0 Å². The van der Waals surface area contributed by atoms with Crippen molar-refractivity contribution in [3.8, 4) is 6.07 Å². The molecule has 2 fully saturated rings. The number of carbonyl (C=O) groups excluding carboxylic acids is 1. The minimum absolute atomic E-state index is 0.0141. The standard InChI is InChI=1S/C25H37N3O5/c1-25(2,11-6-7-12-26)17-27-15-21(29)20(14-18-8-4-3-5-9-18)28-24(30)33-22-16-32-23-19(22)10-13-31-23/h3-5,8-9,19-23,27,29H,6-7,10-11,13-17H2,1-2H3,(H,28,30)/t19-,20+,21-,22-,23+/m1/s1. The first-order valence-corrected chi connectivity index (χ1v) is 11.9. The van der Waals surface area contributed by atoms with Crippen molar-refractivity contribution in [1.29, 1.82) is 5.26 Å². The van der Waals surface area contributed by atoms with Crippen LogP contribution >= 0.6 is 0 Å². The van der Waals surface area contributed by atoms with Gasteiger partial charge in [0, 0.05) is 19.5 Å². The third kappa shape index (κ3) is 7.97. The van der Waals surface area contributed by atoms with Crippen LogP contribution in [0.5, 0.6) is 0 Å². The van der Waals surface area contributed by atoms with E-state index in [2.05, 4.69) is 30.6 Å². The molecule has 1 amide bonds. The number of nitrogens with zero attached hydrogens (tertiary/aromatic N) is 1. The van der Waals surface area contributed by atoms with E-state index in [9.17, 15) is 9.90 Å². The van der Waals surface area contributed by atoms with Crippen LogP contribution in [0.15, 0.2) is 30.3 Å². The number of aliphatic hydroxyl groups is 1. The number of benzene rings is 1. The molecule has 2 heterocycles. The van der Waals surface area contributed by atoms with Crippen LogP contribution in [-0.4, -0.2) is 62.0 Å². The van der Waals surface area contributed by atoms with Crippen molar-refractivity contribution in [3.05, 3.63) is 35.9 Å². The Morgan fingerprint density at radius 2 is 2.12 bits per heavy atom. The first-order chi connectivity index (χ1) is 15.9. The summed E-state index contributed by atoms with van der Waals surface area (Å²) in [6, 6.07) is 11.4. The molecule has 8 heteroatoms. The third-order valence-electron chi connectivity index (χ3n) is 6.41. The van der Waals surface area contributed by atoms with Gasteiger partial charge in [0.05, 0.1) is 37.3 Å². The summed E-state index contributed by atoms with van der Waals surface area (Å²) >= 11 is 0. The molecule has 8 nitrogen and oxygen atoms in total. The van der Waals surface area contributed by atoms with Crippen LogP contribution in [0.1, 0.15) is 45.1 Å². The van der Waals surface area contributed by atoms with E-state index in [0.717, 1.165) is 24.8 Å². The maximum Gasteiger partial charge on any atom is 0.407 e. The zero-order valence-electron chi connectivity index (χ0n) is 19.7. The fraction of sp³-hybridized carbons (Fsp3) is 0.680. The highest BCUT2D eigenvalue weighted by Gasteiger charge is 2.44. The van der Waals surface area contributed by atoms with Gasteiger partial charge in [-0.3, -0.25) is 0 Å². The number of fused-ring (bicyclic) bond motifs is 1. The van der Waals surface area contributed by atoms with Gasteiger partial charge in [0.25, 0.3) is 0 Å². The Bertz CT molecular complexity index is 782. The molecule has 3 rings (SSSR count). The maximum absolute atomic E-state index is 12.7. The minimum Gasteiger partial charge on any atom is -0.443 e. The average Bonchev–Trinajstić information content (AvgIpc) is 3.39. The van der Waals surface area contributed by atoms with E-state index in [-0.39, 0.29) is 23.7 Å². The number of hydrogen-bond acceptors (Lipinski definition) is 7. The molecule has 1 aromatic rings. The Hall–Kier alpha value is -2.18. The van der Waals surface area contributed by atoms with Crippen LogP contribution in [0.3, 0.4) is 0 Å². The fourth-order valence-corrected chi connectivity index (χ4v) is 4.46. The predicted octanol–water partition coefficient (Wildman–Crippen LogP) is 2.76. The predicted molar refractivity (Wildman–Crippen MR) is 123 cm³/mol. The molecule has 2 saturated heterocycles. The van der Waals surface area contributed by atoms with E-state index in [0.29, 0.717) is 39.1 Å². The molecule has 3 N–H and O–H groups in total. The van der Waals surface area contributed by atoms with Gasteiger partial charge in [0.1, 0.15) is 6.10 Å². The summed E-state index contributed by atoms with van der Waals surface area (Å²) in [5.74, 6) is 0.0678. The van der Waals surface area contributed by atoms with E-state index in [1.165, 1.54) is 0 Å². The summed E-state index contributed by atoms with van der Waals surface area (Å²) in [6.07, 6.45) is 1.67. The highest BCUT2D eigenvalue weighted by atomic mass is 16.7. The molecule has 2 aliphatic heterocycles. The van der Waals surface area contributed by atoms with Crippen molar-refractivity contribution >= 4 is 6.09 Å². The zero-order valence-corrected chi connectivity index (χ0v) is 19.7. The lowest BCUT2D eigenvalue weighted by Gasteiger charge is -2.28. The Balaban J connectivity index is 1.53. The van der Waals surface area contributed by atoms with Crippen molar-refractivity contribution < 1.29 is 24.1 Å². The molecule has 0 unspecified atom stereocenters. The highest BCUT2D eigenvalue weighted by molar-refractivity contribution is 5.68. The molecule has 2 aliphatic rings. The highest BCUT2D eigenvalue weighted by Crippen LogP contribution is 2.33. The average molecular weight is 460 g/mol. The number of unbranched alkanes of at least 4 members (excludes halogenated alkanes) is 1. The first-order valence-electron chi connectivity index (χ1n) is 11.9.